The Balaban J connectivity index is 1.86. The number of rotatable bonds is 4. The van der Waals surface area contributed by atoms with E-state index in [0.717, 1.165) is 19.3 Å². The molecular formula is C14H21NO2S. The Morgan fingerprint density at radius 3 is 2.72 bits per heavy atom. The Bertz CT molecular complexity index is 470. The molecule has 0 amide bonds. The molecule has 0 spiro atoms. The van der Waals surface area contributed by atoms with Crippen LogP contribution >= 0.6 is 0 Å². The minimum Gasteiger partial charge on any atom is -0.310 e. The molecule has 1 heterocycles. The third kappa shape index (κ3) is 4.10. The molecule has 2 unspecified atom stereocenters. The average molecular weight is 267 g/mol. The highest BCUT2D eigenvalue weighted by Gasteiger charge is 2.25. The molecule has 100 valence electrons. The van der Waals surface area contributed by atoms with Crippen molar-refractivity contribution >= 4 is 9.84 Å². The molecule has 0 aromatic heterocycles. The van der Waals surface area contributed by atoms with Gasteiger partial charge in [0.1, 0.15) is 0 Å². The molecule has 1 fully saturated rings. The molecule has 1 aliphatic heterocycles. The van der Waals surface area contributed by atoms with E-state index in [1.165, 1.54) is 5.56 Å². The maximum Gasteiger partial charge on any atom is 0.151 e. The van der Waals surface area contributed by atoms with Crippen molar-refractivity contribution in [3.8, 4) is 0 Å². The van der Waals surface area contributed by atoms with E-state index in [2.05, 4.69) is 24.4 Å². The van der Waals surface area contributed by atoms with Gasteiger partial charge in [0.05, 0.1) is 11.5 Å². The van der Waals surface area contributed by atoms with Crippen molar-refractivity contribution < 1.29 is 8.42 Å². The molecular weight excluding hydrogens is 246 g/mol. The molecule has 2 rings (SSSR count). The first-order valence-corrected chi connectivity index (χ1v) is 8.38. The molecule has 1 aliphatic rings. The maximum atomic E-state index is 11.6. The fraction of sp³-hybridized carbons (Fsp3) is 0.571. The summed E-state index contributed by atoms with van der Waals surface area (Å²) in [4.78, 5) is 0. The van der Waals surface area contributed by atoms with E-state index < -0.39 is 9.84 Å². The lowest BCUT2D eigenvalue weighted by atomic mass is 10.1. The lowest BCUT2D eigenvalue weighted by Gasteiger charge is -2.26. The summed E-state index contributed by atoms with van der Waals surface area (Å²) in [6.07, 6.45) is 2.70. The van der Waals surface area contributed by atoms with Crippen LogP contribution in [0, 0.1) is 0 Å². The molecule has 0 aliphatic carbocycles. The van der Waals surface area contributed by atoms with Crippen molar-refractivity contribution in [1.29, 1.82) is 0 Å². The molecule has 3 nitrogen and oxygen atoms in total. The summed E-state index contributed by atoms with van der Waals surface area (Å²) in [7, 11) is -2.81. The number of benzene rings is 1. The Morgan fingerprint density at radius 1 is 1.33 bits per heavy atom. The second kappa shape index (κ2) is 5.85. The fourth-order valence-corrected chi connectivity index (χ4v) is 4.23. The molecule has 1 saturated heterocycles. The minimum absolute atomic E-state index is 0.127. The summed E-state index contributed by atoms with van der Waals surface area (Å²) in [6, 6.07) is 10.7. The van der Waals surface area contributed by atoms with E-state index in [-0.39, 0.29) is 6.04 Å². The van der Waals surface area contributed by atoms with Crippen LogP contribution in [0.3, 0.4) is 0 Å². The summed E-state index contributed by atoms with van der Waals surface area (Å²) in [5.74, 6) is 0.657. The quantitative estimate of drug-likeness (QED) is 0.904. The largest absolute Gasteiger partial charge is 0.310 e. The monoisotopic (exact) mass is 267 g/mol. The molecule has 1 N–H and O–H groups in total. The first-order valence-electron chi connectivity index (χ1n) is 6.55. The van der Waals surface area contributed by atoms with Gasteiger partial charge in [-0.1, -0.05) is 30.3 Å². The maximum absolute atomic E-state index is 11.6. The lowest BCUT2D eigenvalue weighted by Crippen LogP contribution is -2.44. The van der Waals surface area contributed by atoms with E-state index >= 15 is 0 Å². The van der Waals surface area contributed by atoms with Crippen molar-refractivity contribution in [3.63, 3.8) is 0 Å². The zero-order valence-corrected chi connectivity index (χ0v) is 11.6. The van der Waals surface area contributed by atoms with Crippen molar-refractivity contribution in [2.45, 2.75) is 38.3 Å². The molecule has 1 aromatic rings. The van der Waals surface area contributed by atoms with E-state index in [9.17, 15) is 8.42 Å². The second-order valence-electron chi connectivity index (χ2n) is 5.21. The van der Waals surface area contributed by atoms with Gasteiger partial charge in [-0.2, -0.15) is 0 Å². The third-order valence-electron chi connectivity index (χ3n) is 3.37. The first kappa shape index (κ1) is 13.6. The van der Waals surface area contributed by atoms with Gasteiger partial charge < -0.3 is 5.32 Å². The highest BCUT2D eigenvalue weighted by atomic mass is 32.2. The van der Waals surface area contributed by atoms with Gasteiger partial charge in [-0.05, 0) is 31.7 Å². The summed E-state index contributed by atoms with van der Waals surface area (Å²) in [5.41, 5.74) is 1.29. The van der Waals surface area contributed by atoms with Crippen molar-refractivity contribution in [2.24, 2.45) is 0 Å². The van der Waals surface area contributed by atoms with Crippen LogP contribution in [-0.4, -0.2) is 32.0 Å². The summed E-state index contributed by atoms with van der Waals surface area (Å²) >= 11 is 0. The highest BCUT2D eigenvalue weighted by molar-refractivity contribution is 7.91. The molecule has 18 heavy (non-hydrogen) atoms. The van der Waals surface area contributed by atoms with E-state index in [4.69, 9.17) is 0 Å². The summed E-state index contributed by atoms with van der Waals surface area (Å²) in [6.45, 7) is 2.12. The SMILES string of the molecule is CC(Cc1ccccc1)NC1CCCS(=O)(=O)C1. The lowest BCUT2D eigenvalue weighted by molar-refractivity contribution is 0.428. The number of sulfone groups is 1. The summed E-state index contributed by atoms with van der Waals surface area (Å²) in [5, 5.41) is 3.44. The van der Waals surface area contributed by atoms with E-state index in [1.807, 2.05) is 18.2 Å². The van der Waals surface area contributed by atoms with Crippen molar-refractivity contribution in [3.05, 3.63) is 35.9 Å². The fourth-order valence-electron chi connectivity index (χ4n) is 2.58. The van der Waals surface area contributed by atoms with Gasteiger partial charge in [0, 0.05) is 12.1 Å². The average Bonchev–Trinajstić information content (AvgIpc) is 2.28. The molecule has 1 aromatic carbocycles. The van der Waals surface area contributed by atoms with Gasteiger partial charge in [0.2, 0.25) is 0 Å². The van der Waals surface area contributed by atoms with Crippen LogP contribution < -0.4 is 5.32 Å². The van der Waals surface area contributed by atoms with Gasteiger partial charge in [-0.25, -0.2) is 8.42 Å². The smallest absolute Gasteiger partial charge is 0.151 e. The van der Waals surface area contributed by atoms with Crippen LogP contribution in [0.4, 0.5) is 0 Å². The zero-order valence-electron chi connectivity index (χ0n) is 10.8. The van der Waals surface area contributed by atoms with Crippen LogP contribution in [0.15, 0.2) is 30.3 Å². The molecule has 2 atom stereocenters. The van der Waals surface area contributed by atoms with Gasteiger partial charge in [-0.3, -0.25) is 0 Å². The van der Waals surface area contributed by atoms with Crippen LogP contribution in [0.25, 0.3) is 0 Å². The van der Waals surface area contributed by atoms with Crippen LogP contribution in [0.1, 0.15) is 25.3 Å². The Morgan fingerprint density at radius 2 is 2.06 bits per heavy atom. The highest BCUT2D eigenvalue weighted by Crippen LogP contribution is 2.13. The zero-order chi connectivity index (χ0) is 13.0. The van der Waals surface area contributed by atoms with Crippen molar-refractivity contribution in [1.82, 2.24) is 5.32 Å². The van der Waals surface area contributed by atoms with Gasteiger partial charge >= 0.3 is 0 Å². The predicted octanol–water partition coefficient (Wildman–Crippen LogP) is 1.78. The first-order chi connectivity index (χ1) is 8.55. The van der Waals surface area contributed by atoms with Crippen molar-refractivity contribution in [2.75, 3.05) is 11.5 Å². The van der Waals surface area contributed by atoms with Gasteiger partial charge in [-0.15, -0.1) is 0 Å². The summed E-state index contributed by atoms with van der Waals surface area (Å²) < 4.78 is 23.1. The molecule has 0 bridgehead atoms. The van der Waals surface area contributed by atoms with Crippen LogP contribution in [0.2, 0.25) is 0 Å². The Kier molecular flexibility index (Phi) is 4.40. The predicted molar refractivity (Wildman–Crippen MR) is 74.4 cm³/mol. The second-order valence-corrected chi connectivity index (χ2v) is 7.44. The molecule has 0 saturated carbocycles. The topological polar surface area (TPSA) is 46.2 Å². The third-order valence-corrected chi connectivity index (χ3v) is 5.19. The Hall–Kier alpha value is -0.870. The van der Waals surface area contributed by atoms with Crippen LogP contribution in [-0.2, 0) is 16.3 Å². The number of nitrogens with one attached hydrogen (secondary N) is 1. The van der Waals surface area contributed by atoms with Gasteiger partial charge in [0.15, 0.2) is 9.84 Å². The normalized spacial score (nSPS) is 24.6. The van der Waals surface area contributed by atoms with Gasteiger partial charge in [0.25, 0.3) is 0 Å². The van der Waals surface area contributed by atoms with E-state index in [1.54, 1.807) is 0 Å². The number of hydrogen-bond donors (Lipinski definition) is 1. The van der Waals surface area contributed by atoms with Crippen LogP contribution in [0.5, 0.6) is 0 Å². The number of hydrogen-bond acceptors (Lipinski definition) is 3. The Labute approximate surface area is 110 Å². The minimum atomic E-state index is -2.81. The van der Waals surface area contributed by atoms with E-state index in [0.29, 0.717) is 17.5 Å². The molecule has 0 radical (unpaired) electrons. The standard InChI is InChI=1S/C14H21NO2S/c1-12(10-13-6-3-2-4-7-13)15-14-8-5-9-18(16,17)11-14/h2-4,6-7,12,14-15H,5,8-11H2,1H3. The molecule has 4 heteroatoms.